The molecule has 1 rings (SSSR count). The van der Waals surface area contributed by atoms with Crippen molar-refractivity contribution in [2.75, 3.05) is 38.2 Å². The lowest BCUT2D eigenvalue weighted by atomic mass is 10.00. The third-order valence-electron chi connectivity index (χ3n) is 3.66. The van der Waals surface area contributed by atoms with E-state index in [1.165, 1.54) is 0 Å². The van der Waals surface area contributed by atoms with E-state index in [1.807, 2.05) is 13.8 Å². The van der Waals surface area contributed by atoms with E-state index in [9.17, 15) is 4.79 Å². The summed E-state index contributed by atoms with van der Waals surface area (Å²) in [5.41, 5.74) is -0.409. The first-order valence-electron chi connectivity index (χ1n) is 6.78. The van der Waals surface area contributed by atoms with Crippen molar-refractivity contribution in [1.29, 1.82) is 0 Å². The number of thioether (sulfide) groups is 1. The predicted octanol–water partition coefficient (Wildman–Crippen LogP) is 0.928. The summed E-state index contributed by atoms with van der Waals surface area (Å²) in [6.07, 6.45) is 3.07. The second-order valence-corrected chi connectivity index (χ2v) is 6.24. The van der Waals surface area contributed by atoms with Crippen LogP contribution in [0.3, 0.4) is 0 Å². The van der Waals surface area contributed by atoms with E-state index < -0.39 is 5.54 Å². The summed E-state index contributed by atoms with van der Waals surface area (Å²) in [6, 6.07) is 0.287. The maximum atomic E-state index is 12.4. The largest absolute Gasteiger partial charge is 0.351 e. The summed E-state index contributed by atoms with van der Waals surface area (Å²) in [5.74, 6) is 1.14. The minimum absolute atomic E-state index is 0.158. The molecule has 5 heteroatoms. The van der Waals surface area contributed by atoms with Crippen LogP contribution in [0.1, 0.15) is 27.2 Å². The fourth-order valence-corrected chi connectivity index (χ4v) is 2.91. The smallest absolute Gasteiger partial charge is 0.240 e. The van der Waals surface area contributed by atoms with Gasteiger partial charge in [-0.3, -0.25) is 9.69 Å². The van der Waals surface area contributed by atoms with Crippen LogP contribution in [0.15, 0.2) is 0 Å². The van der Waals surface area contributed by atoms with Crippen molar-refractivity contribution in [3.8, 4) is 0 Å². The molecule has 1 fully saturated rings. The summed E-state index contributed by atoms with van der Waals surface area (Å²) in [5, 5.41) is 6.50. The molecule has 18 heavy (non-hydrogen) atoms. The molecule has 1 aliphatic heterocycles. The number of nitrogens with one attached hydrogen (secondary N) is 2. The number of carbonyl (C=O) groups is 1. The van der Waals surface area contributed by atoms with Gasteiger partial charge >= 0.3 is 0 Å². The van der Waals surface area contributed by atoms with Gasteiger partial charge in [0.1, 0.15) is 0 Å². The van der Waals surface area contributed by atoms with Crippen LogP contribution >= 0.6 is 11.8 Å². The highest BCUT2D eigenvalue weighted by Gasteiger charge is 2.35. The van der Waals surface area contributed by atoms with Gasteiger partial charge < -0.3 is 10.6 Å². The molecule has 2 N–H and O–H groups in total. The zero-order chi connectivity index (χ0) is 13.6. The van der Waals surface area contributed by atoms with E-state index in [2.05, 4.69) is 28.7 Å². The van der Waals surface area contributed by atoms with Crippen molar-refractivity contribution in [2.24, 2.45) is 0 Å². The number of piperazine rings is 1. The molecule has 4 nitrogen and oxygen atoms in total. The molecule has 0 bridgehead atoms. The highest BCUT2D eigenvalue weighted by molar-refractivity contribution is 7.98. The number of hydrogen-bond donors (Lipinski definition) is 2. The molecule has 0 saturated carbocycles. The average Bonchev–Trinajstić information content (AvgIpc) is 2.39. The lowest BCUT2D eigenvalue weighted by molar-refractivity contribution is -0.132. The fraction of sp³-hybridized carbons (Fsp3) is 0.923. The Morgan fingerprint density at radius 1 is 1.44 bits per heavy atom. The van der Waals surface area contributed by atoms with Crippen molar-refractivity contribution >= 4 is 17.7 Å². The van der Waals surface area contributed by atoms with Crippen LogP contribution < -0.4 is 10.6 Å². The van der Waals surface area contributed by atoms with Gasteiger partial charge in [-0.05, 0) is 26.5 Å². The van der Waals surface area contributed by atoms with E-state index in [0.29, 0.717) is 0 Å². The minimum Gasteiger partial charge on any atom is -0.351 e. The highest BCUT2D eigenvalue weighted by Crippen LogP contribution is 2.16. The first-order chi connectivity index (χ1) is 8.52. The second kappa shape index (κ2) is 7.36. The first kappa shape index (κ1) is 15.8. The molecule has 1 amide bonds. The summed E-state index contributed by atoms with van der Waals surface area (Å²) in [7, 11) is 0. The highest BCUT2D eigenvalue weighted by atomic mass is 32.2. The monoisotopic (exact) mass is 273 g/mol. The van der Waals surface area contributed by atoms with E-state index in [-0.39, 0.29) is 11.9 Å². The maximum Gasteiger partial charge on any atom is 0.240 e. The quantitative estimate of drug-likeness (QED) is 0.756. The van der Waals surface area contributed by atoms with Crippen LogP contribution in [0.4, 0.5) is 0 Å². The van der Waals surface area contributed by atoms with Gasteiger partial charge in [0.25, 0.3) is 0 Å². The van der Waals surface area contributed by atoms with Gasteiger partial charge in [-0.25, -0.2) is 0 Å². The van der Waals surface area contributed by atoms with Crippen LogP contribution in [-0.4, -0.2) is 60.6 Å². The Hall–Kier alpha value is -0.260. The molecule has 1 atom stereocenters. The SMILES string of the molecule is CCC(CSC)NC(=O)C(C)(C)N1CCNCC1. The normalized spacial score (nSPS) is 19.6. The molecular formula is C13H27N3OS. The summed E-state index contributed by atoms with van der Waals surface area (Å²) >= 11 is 1.78. The van der Waals surface area contributed by atoms with Gasteiger partial charge in [0.15, 0.2) is 0 Å². The minimum atomic E-state index is -0.409. The van der Waals surface area contributed by atoms with E-state index >= 15 is 0 Å². The molecule has 1 saturated heterocycles. The van der Waals surface area contributed by atoms with Gasteiger partial charge in [0.05, 0.1) is 5.54 Å². The van der Waals surface area contributed by atoms with Gasteiger partial charge in [0, 0.05) is 38.0 Å². The van der Waals surface area contributed by atoms with Crippen LogP contribution in [-0.2, 0) is 4.79 Å². The standard InChI is InChI=1S/C13H27N3OS/c1-5-11(10-18-4)15-12(17)13(2,3)16-8-6-14-7-9-16/h11,14H,5-10H2,1-4H3,(H,15,17). The van der Waals surface area contributed by atoms with Crippen molar-refractivity contribution in [3.05, 3.63) is 0 Å². The molecule has 0 aromatic carbocycles. The molecule has 0 aromatic rings. The van der Waals surface area contributed by atoms with Crippen LogP contribution in [0.2, 0.25) is 0 Å². The van der Waals surface area contributed by atoms with Gasteiger partial charge in [0.2, 0.25) is 5.91 Å². The van der Waals surface area contributed by atoms with Crippen molar-refractivity contribution in [2.45, 2.75) is 38.8 Å². The lowest BCUT2D eigenvalue weighted by Gasteiger charge is -2.40. The Morgan fingerprint density at radius 3 is 2.56 bits per heavy atom. The Morgan fingerprint density at radius 2 is 2.06 bits per heavy atom. The van der Waals surface area contributed by atoms with E-state index in [0.717, 1.165) is 38.4 Å². The second-order valence-electron chi connectivity index (χ2n) is 5.33. The molecule has 1 aliphatic rings. The first-order valence-corrected chi connectivity index (χ1v) is 8.17. The van der Waals surface area contributed by atoms with Crippen LogP contribution in [0, 0.1) is 0 Å². The third kappa shape index (κ3) is 4.14. The summed E-state index contributed by atoms with van der Waals surface area (Å²) < 4.78 is 0. The summed E-state index contributed by atoms with van der Waals surface area (Å²) in [6.45, 7) is 10.0. The van der Waals surface area contributed by atoms with Gasteiger partial charge in [-0.2, -0.15) is 11.8 Å². The molecule has 1 heterocycles. The van der Waals surface area contributed by atoms with Crippen molar-refractivity contribution in [1.82, 2.24) is 15.5 Å². The van der Waals surface area contributed by atoms with Crippen molar-refractivity contribution in [3.63, 3.8) is 0 Å². The van der Waals surface area contributed by atoms with E-state index in [4.69, 9.17) is 0 Å². The predicted molar refractivity (Wildman–Crippen MR) is 79.1 cm³/mol. The topological polar surface area (TPSA) is 44.4 Å². The van der Waals surface area contributed by atoms with Gasteiger partial charge in [-0.15, -0.1) is 0 Å². The average molecular weight is 273 g/mol. The molecule has 1 unspecified atom stereocenters. The maximum absolute atomic E-state index is 12.4. The Kier molecular flexibility index (Phi) is 6.46. The van der Waals surface area contributed by atoms with Crippen molar-refractivity contribution < 1.29 is 4.79 Å². The lowest BCUT2D eigenvalue weighted by Crippen LogP contribution is -2.61. The summed E-state index contributed by atoms with van der Waals surface area (Å²) in [4.78, 5) is 14.7. The number of nitrogens with zero attached hydrogens (tertiary/aromatic N) is 1. The molecule has 0 aromatic heterocycles. The number of hydrogen-bond acceptors (Lipinski definition) is 4. The Balaban J connectivity index is 2.56. The zero-order valence-electron chi connectivity index (χ0n) is 12.1. The molecule has 0 spiro atoms. The third-order valence-corrected chi connectivity index (χ3v) is 4.39. The molecule has 0 radical (unpaired) electrons. The fourth-order valence-electron chi connectivity index (χ4n) is 2.19. The van der Waals surface area contributed by atoms with Gasteiger partial charge in [-0.1, -0.05) is 6.92 Å². The van der Waals surface area contributed by atoms with Crippen LogP contribution in [0.5, 0.6) is 0 Å². The van der Waals surface area contributed by atoms with Crippen LogP contribution in [0.25, 0.3) is 0 Å². The number of carbonyl (C=O) groups excluding carboxylic acids is 1. The zero-order valence-corrected chi connectivity index (χ0v) is 12.9. The Labute approximate surface area is 115 Å². The number of amides is 1. The Bertz CT molecular complexity index is 265. The number of rotatable bonds is 6. The van der Waals surface area contributed by atoms with E-state index in [1.54, 1.807) is 11.8 Å². The molecular weight excluding hydrogens is 246 g/mol. The molecule has 106 valence electrons. The molecule has 0 aliphatic carbocycles.